The van der Waals surface area contributed by atoms with Crippen LogP contribution in [0.5, 0.6) is 0 Å². The fourth-order valence-corrected chi connectivity index (χ4v) is 6.66. The Hall–Kier alpha value is -2.04. The summed E-state index contributed by atoms with van der Waals surface area (Å²) in [5, 5.41) is 0. The molecule has 2 fully saturated rings. The fraction of sp³-hybridized carbons (Fsp3) is 0.652. The Morgan fingerprint density at radius 2 is 1.86 bits per heavy atom. The van der Waals surface area contributed by atoms with Crippen LogP contribution in [0.4, 0.5) is 0 Å². The molecule has 0 aromatic heterocycles. The molecule has 0 heterocycles. The smallest absolute Gasteiger partial charge is 0.302 e. The molecule has 0 saturated heterocycles. The van der Waals surface area contributed by atoms with E-state index in [1.54, 1.807) is 13.0 Å². The van der Waals surface area contributed by atoms with Crippen molar-refractivity contribution in [1.82, 2.24) is 0 Å². The zero-order chi connectivity index (χ0) is 20.4. The number of rotatable bonds is 2. The molecule has 5 nitrogen and oxygen atoms in total. The summed E-state index contributed by atoms with van der Waals surface area (Å²) in [6.07, 6.45) is 6.34. The number of hydrogen-bond acceptors (Lipinski definition) is 5. The summed E-state index contributed by atoms with van der Waals surface area (Å²) < 4.78 is 5.38. The van der Waals surface area contributed by atoms with Gasteiger partial charge in [-0.2, -0.15) is 0 Å². The van der Waals surface area contributed by atoms with Crippen molar-refractivity contribution in [1.29, 1.82) is 0 Å². The first-order valence-corrected chi connectivity index (χ1v) is 10.2. The number of ketones is 3. The first-order chi connectivity index (χ1) is 13.1. The number of ether oxygens (including phenoxy) is 1. The monoisotopic (exact) mass is 384 g/mol. The van der Waals surface area contributed by atoms with Crippen LogP contribution in [-0.4, -0.2) is 29.4 Å². The van der Waals surface area contributed by atoms with Gasteiger partial charge in [0, 0.05) is 30.6 Å². The number of carbonyl (C=O) groups excluding carboxylic acids is 4. The van der Waals surface area contributed by atoms with Gasteiger partial charge in [-0.15, -0.1) is 0 Å². The molecule has 6 atom stereocenters. The van der Waals surface area contributed by atoms with Crippen LogP contribution in [0.3, 0.4) is 0 Å². The van der Waals surface area contributed by atoms with Crippen LogP contribution in [0.1, 0.15) is 59.8 Å². The average Bonchev–Trinajstić information content (AvgIpc) is 2.92. The molecule has 150 valence electrons. The molecule has 0 aliphatic heterocycles. The maximum atomic E-state index is 13.4. The first-order valence-electron chi connectivity index (χ1n) is 10.2. The number of carbonyl (C=O) groups is 4. The van der Waals surface area contributed by atoms with Gasteiger partial charge in [0.15, 0.2) is 11.6 Å². The molecule has 0 bridgehead atoms. The lowest BCUT2D eigenvalue weighted by molar-refractivity contribution is -0.157. The van der Waals surface area contributed by atoms with Crippen molar-refractivity contribution >= 4 is 23.3 Å². The Morgan fingerprint density at radius 3 is 2.50 bits per heavy atom. The Balaban J connectivity index is 1.72. The molecule has 0 amide bonds. The van der Waals surface area contributed by atoms with E-state index in [9.17, 15) is 19.2 Å². The molecule has 2 saturated carbocycles. The SMILES string of the molecule is CC(=O)O[C@@H]1CC[C@@]2(C)[C@H]3C(=O)C[C@@]4(C)C(C(C)=O)=CC[C@H]4C3=CC(=O)[C@H]2C1. The zero-order valence-corrected chi connectivity index (χ0v) is 17.0. The van der Waals surface area contributed by atoms with Crippen molar-refractivity contribution in [2.24, 2.45) is 28.6 Å². The van der Waals surface area contributed by atoms with Crippen LogP contribution in [0.15, 0.2) is 23.3 Å². The number of fused-ring (bicyclic) bond motifs is 5. The van der Waals surface area contributed by atoms with E-state index in [4.69, 9.17) is 4.74 Å². The van der Waals surface area contributed by atoms with E-state index in [1.807, 2.05) is 13.0 Å². The lowest BCUT2D eigenvalue weighted by Crippen LogP contribution is -2.56. The second-order valence-electron chi connectivity index (χ2n) is 9.57. The zero-order valence-electron chi connectivity index (χ0n) is 17.0. The number of hydrogen-bond donors (Lipinski definition) is 0. The highest BCUT2D eigenvalue weighted by molar-refractivity contribution is 6.02. The van der Waals surface area contributed by atoms with Gasteiger partial charge in [-0.3, -0.25) is 19.2 Å². The Bertz CT molecular complexity index is 849. The van der Waals surface area contributed by atoms with E-state index in [-0.39, 0.29) is 47.2 Å². The van der Waals surface area contributed by atoms with Crippen LogP contribution < -0.4 is 0 Å². The minimum Gasteiger partial charge on any atom is -0.463 e. The lowest BCUT2D eigenvalue weighted by atomic mass is 9.47. The molecule has 28 heavy (non-hydrogen) atoms. The first kappa shape index (κ1) is 19.3. The summed E-state index contributed by atoms with van der Waals surface area (Å²) in [5.41, 5.74) is 0.739. The summed E-state index contributed by atoms with van der Waals surface area (Å²) in [6, 6.07) is 0. The van der Waals surface area contributed by atoms with Crippen LogP contribution in [0, 0.1) is 28.6 Å². The minimum absolute atomic E-state index is 0.0185. The Labute approximate surface area is 165 Å². The maximum absolute atomic E-state index is 13.4. The number of Topliss-reactive ketones (excluding diaryl/α,β-unsaturated/α-hetero) is 2. The summed E-state index contributed by atoms with van der Waals surface area (Å²) in [4.78, 5) is 50.0. The molecule has 5 heteroatoms. The van der Waals surface area contributed by atoms with Crippen molar-refractivity contribution in [2.75, 3.05) is 0 Å². The molecular formula is C23H28O5. The van der Waals surface area contributed by atoms with Gasteiger partial charge < -0.3 is 4.74 Å². The predicted molar refractivity (Wildman–Crippen MR) is 102 cm³/mol. The highest BCUT2D eigenvalue weighted by Crippen LogP contribution is 2.63. The summed E-state index contributed by atoms with van der Waals surface area (Å²) in [6.45, 7) is 7.01. The third kappa shape index (κ3) is 2.58. The van der Waals surface area contributed by atoms with E-state index in [1.165, 1.54) is 6.92 Å². The van der Waals surface area contributed by atoms with Gasteiger partial charge in [0.25, 0.3) is 0 Å². The molecule has 0 N–H and O–H groups in total. The number of esters is 1. The molecule has 4 aliphatic carbocycles. The molecular weight excluding hydrogens is 356 g/mol. The van der Waals surface area contributed by atoms with Gasteiger partial charge in [-0.05, 0) is 55.6 Å². The predicted octanol–water partition coefficient (Wildman–Crippen LogP) is 3.36. The molecule has 4 aliphatic rings. The molecule has 0 unspecified atom stereocenters. The summed E-state index contributed by atoms with van der Waals surface area (Å²) in [5.74, 6) is -0.650. The Morgan fingerprint density at radius 1 is 1.14 bits per heavy atom. The summed E-state index contributed by atoms with van der Waals surface area (Å²) >= 11 is 0. The van der Waals surface area contributed by atoms with Gasteiger partial charge in [-0.1, -0.05) is 25.5 Å². The average molecular weight is 384 g/mol. The Kier molecular flexibility index (Phi) is 4.29. The third-order valence-corrected chi connectivity index (χ3v) is 7.86. The van der Waals surface area contributed by atoms with Crippen molar-refractivity contribution in [3.63, 3.8) is 0 Å². The van der Waals surface area contributed by atoms with E-state index in [0.717, 1.165) is 11.1 Å². The standard InChI is InChI=1S/C23H28O5/c1-12(24)16-5-6-17-15-10-19(26)18-9-14(28-13(2)25)7-8-22(18,3)21(15)20(27)11-23(16,17)4/h5,10,14,17-18,21H,6-9,11H2,1-4H3/t14-,17+,18-,21-,22-,23+/m1/s1. The van der Waals surface area contributed by atoms with E-state index < -0.39 is 10.8 Å². The molecule has 0 aromatic rings. The van der Waals surface area contributed by atoms with Gasteiger partial charge >= 0.3 is 5.97 Å². The highest BCUT2D eigenvalue weighted by Gasteiger charge is 2.61. The topological polar surface area (TPSA) is 77.5 Å². The minimum atomic E-state index is -0.496. The number of allylic oxidation sites excluding steroid dienone is 4. The van der Waals surface area contributed by atoms with Crippen LogP contribution in [0.2, 0.25) is 0 Å². The molecule has 4 rings (SSSR count). The van der Waals surface area contributed by atoms with Crippen molar-refractivity contribution in [3.8, 4) is 0 Å². The second kappa shape index (κ2) is 6.23. The van der Waals surface area contributed by atoms with Crippen molar-refractivity contribution < 1.29 is 23.9 Å². The highest BCUT2D eigenvalue weighted by atomic mass is 16.5. The van der Waals surface area contributed by atoms with Crippen molar-refractivity contribution in [2.45, 2.75) is 65.9 Å². The molecule has 0 spiro atoms. The van der Waals surface area contributed by atoms with Gasteiger partial charge in [0.2, 0.25) is 0 Å². The van der Waals surface area contributed by atoms with Gasteiger partial charge in [0.1, 0.15) is 11.9 Å². The van der Waals surface area contributed by atoms with E-state index in [2.05, 4.69) is 6.92 Å². The quantitative estimate of drug-likeness (QED) is 0.682. The summed E-state index contributed by atoms with van der Waals surface area (Å²) in [7, 11) is 0. The normalized spacial score (nSPS) is 42.0. The van der Waals surface area contributed by atoms with Crippen molar-refractivity contribution in [3.05, 3.63) is 23.3 Å². The lowest BCUT2D eigenvalue weighted by Gasteiger charge is -2.55. The molecule has 0 aromatic carbocycles. The van der Waals surface area contributed by atoms with Crippen LogP contribution in [-0.2, 0) is 23.9 Å². The largest absolute Gasteiger partial charge is 0.463 e. The van der Waals surface area contributed by atoms with Crippen LogP contribution >= 0.6 is 0 Å². The third-order valence-electron chi connectivity index (χ3n) is 7.86. The van der Waals surface area contributed by atoms with Gasteiger partial charge in [-0.25, -0.2) is 0 Å². The van der Waals surface area contributed by atoms with E-state index in [0.29, 0.717) is 32.1 Å². The maximum Gasteiger partial charge on any atom is 0.302 e. The fourth-order valence-electron chi connectivity index (χ4n) is 6.66. The molecule has 0 radical (unpaired) electrons. The second-order valence-corrected chi connectivity index (χ2v) is 9.57. The van der Waals surface area contributed by atoms with Crippen LogP contribution in [0.25, 0.3) is 0 Å². The van der Waals surface area contributed by atoms with E-state index >= 15 is 0 Å². The van der Waals surface area contributed by atoms with Gasteiger partial charge in [0.05, 0.1) is 0 Å².